The Kier molecular flexibility index (Phi) is 6.13. The van der Waals surface area contributed by atoms with Crippen molar-refractivity contribution in [2.75, 3.05) is 0 Å². The SMILES string of the molecule is c1ccc(P(c2ccccc2)c2ccc[c-]2P(c2ccccc2)c2ccccc2)cc1. The summed E-state index contributed by atoms with van der Waals surface area (Å²) in [4.78, 5) is 0. The lowest BCUT2D eigenvalue weighted by Crippen LogP contribution is -2.32. The van der Waals surface area contributed by atoms with Gasteiger partial charge in [0.1, 0.15) is 0 Å². The second-order valence-electron chi connectivity index (χ2n) is 7.31. The normalized spacial score (nSPS) is 11.2. The van der Waals surface area contributed by atoms with Crippen molar-refractivity contribution in [1.29, 1.82) is 0 Å². The first-order valence-corrected chi connectivity index (χ1v) is 13.2. The second kappa shape index (κ2) is 9.49. The minimum absolute atomic E-state index is 0.627. The van der Waals surface area contributed by atoms with Gasteiger partial charge in [0.2, 0.25) is 0 Å². The van der Waals surface area contributed by atoms with Crippen molar-refractivity contribution in [3.8, 4) is 0 Å². The summed E-state index contributed by atoms with van der Waals surface area (Å²) in [6, 6.07) is 50.9. The fourth-order valence-electron chi connectivity index (χ4n) is 3.94. The number of hydrogen-bond acceptors (Lipinski definition) is 0. The standard InChI is InChI=1S/C29H23P2/c1-5-14-24(15-6-1)30(25-16-7-2-8-17-25)28-22-13-23-29(28)31(26-18-9-3-10-19-26)27-20-11-4-12-21-27/h1-23H/q-1. The van der Waals surface area contributed by atoms with Crippen LogP contribution in [0.3, 0.4) is 0 Å². The van der Waals surface area contributed by atoms with Crippen LogP contribution >= 0.6 is 15.8 Å². The topological polar surface area (TPSA) is 0 Å². The van der Waals surface area contributed by atoms with E-state index in [4.69, 9.17) is 0 Å². The van der Waals surface area contributed by atoms with E-state index in [2.05, 4.69) is 140 Å². The van der Waals surface area contributed by atoms with Crippen molar-refractivity contribution < 1.29 is 0 Å². The first-order chi connectivity index (χ1) is 15.4. The van der Waals surface area contributed by atoms with E-state index in [9.17, 15) is 0 Å². The molecule has 150 valence electrons. The predicted octanol–water partition coefficient (Wildman–Crippen LogP) is 4.92. The Labute approximate surface area is 187 Å². The summed E-state index contributed by atoms with van der Waals surface area (Å²) in [5.74, 6) is 0. The molecule has 2 heteroatoms. The van der Waals surface area contributed by atoms with E-state index in [1.54, 1.807) is 0 Å². The van der Waals surface area contributed by atoms with Gasteiger partial charge in [0.25, 0.3) is 0 Å². The lowest BCUT2D eigenvalue weighted by molar-refractivity contribution is 1.75. The van der Waals surface area contributed by atoms with Crippen LogP contribution in [0.5, 0.6) is 0 Å². The zero-order valence-electron chi connectivity index (χ0n) is 17.2. The van der Waals surface area contributed by atoms with Crippen molar-refractivity contribution in [1.82, 2.24) is 0 Å². The van der Waals surface area contributed by atoms with Crippen LogP contribution in [0.1, 0.15) is 0 Å². The highest BCUT2D eigenvalue weighted by Gasteiger charge is 2.20. The third-order valence-corrected chi connectivity index (χ3v) is 10.5. The lowest BCUT2D eigenvalue weighted by atomic mass is 10.4. The van der Waals surface area contributed by atoms with Gasteiger partial charge >= 0.3 is 0 Å². The molecule has 5 aromatic rings. The Morgan fingerprint density at radius 3 is 1.19 bits per heavy atom. The Balaban J connectivity index is 1.71. The van der Waals surface area contributed by atoms with Gasteiger partial charge in [-0.25, -0.2) is 12.1 Å². The van der Waals surface area contributed by atoms with Gasteiger partial charge in [-0.3, -0.25) is 0 Å². The maximum Gasteiger partial charge on any atom is -0.0171 e. The molecule has 0 fully saturated rings. The number of benzene rings is 4. The molecule has 0 atom stereocenters. The van der Waals surface area contributed by atoms with Crippen molar-refractivity contribution in [2.24, 2.45) is 0 Å². The van der Waals surface area contributed by atoms with Crippen LogP contribution in [0.4, 0.5) is 0 Å². The molecular formula is C29H23P2-. The summed E-state index contributed by atoms with van der Waals surface area (Å²) in [5.41, 5.74) is 0. The van der Waals surface area contributed by atoms with Gasteiger partial charge in [0.05, 0.1) is 0 Å². The van der Waals surface area contributed by atoms with E-state index >= 15 is 0 Å². The minimum atomic E-state index is -0.627. The van der Waals surface area contributed by atoms with Crippen LogP contribution in [-0.2, 0) is 0 Å². The van der Waals surface area contributed by atoms with Crippen molar-refractivity contribution in [3.63, 3.8) is 0 Å². The summed E-state index contributed by atoms with van der Waals surface area (Å²) in [6.45, 7) is 0. The quantitative estimate of drug-likeness (QED) is 0.263. The first kappa shape index (κ1) is 20.0. The van der Waals surface area contributed by atoms with E-state index in [1.165, 1.54) is 31.8 Å². The van der Waals surface area contributed by atoms with Gasteiger partial charge in [0, 0.05) is 0 Å². The third-order valence-electron chi connectivity index (χ3n) is 5.31. The van der Waals surface area contributed by atoms with Crippen molar-refractivity contribution >= 4 is 47.7 Å². The average molecular weight is 433 g/mol. The molecule has 0 radical (unpaired) electrons. The summed E-state index contributed by atoms with van der Waals surface area (Å²) in [5, 5.41) is 8.51. The van der Waals surface area contributed by atoms with Crippen LogP contribution in [0.15, 0.2) is 140 Å². The van der Waals surface area contributed by atoms with E-state index in [1.807, 2.05) is 0 Å². The zero-order valence-corrected chi connectivity index (χ0v) is 19.0. The maximum atomic E-state index is 2.35. The summed E-state index contributed by atoms with van der Waals surface area (Å²) in [7, 11) is -1.25. The Morgan fingerprint density at radius 1 is 0.387 bits per heavy atom. The van der Waals surface area contributed by atoms with Crippen LogP contribution in [-0.4, -0.2) is 0 Å². The van der Waals surface area contributed by atoms with Crippen molar-refractivity contribution in [2.45, 2.75) is 0 Å². The Bertz CT molecular complexity index is 1040. The summed E-state index contributed by atoms with van der Waals surface area (Å²) < 4.78 is 0. The molecule has 0 nitrogen and oxygen atoms in total. The molecule has 0 heterocycles. The Morgan fingerprint density at radius 2 is 0.774 bits per heavy atom. The molecule has 0 unspecified atom stereocenters. The molecule has 5 aromatic carbocycles. The molecule has 0 saturated carbocycles. The molecule has 0 saturated heterocycles. The number of hydrogen-bond donors (Lipinski definition) is 0. The van der Waals surface area contributed by atoms with Crippen molar-refractivity contribution in [3.05, 3.63) is 140 Å². The molecule has 5 rings (SSSR count). The molecule has 0 aliphatic rings. The summed E-state index contributed by atoms with van der Waals surface area (Å²) in [6.07, 6.45) is 0. The third kappa shape index (κ3) is 4.28. The monoisotopic (exact) mass is 433 g/mol. The van der Waals surface area contributed by atoms with Crippen LogP contribution < -0.4 is 31.8 Å². The molecule has 0 aromatic heterocycles. The van der Waals surface area contributed by atoms with Gasteiger partial charge in [0.15, 0.2) is 0 Å². The highest BCUT2D eigenvalue weighted by atomic mass is 31.1. The molecule has 0 bridgehead atoms. The highest BCUT2D eigenvalue weighted by Crippen LogP contribution is 2.39. The molecule has 0 aliphatic carbocycles. The van der Waals surface area contributed by atoms with Crippen LogP contribution in [0, 0.1) is 0 Å². The van der Waals surface area contributed by atoms with Gasteiger partial charge in [-0.05, 0) is 29.1 Å². The zero-order chi connectivity index (χ0) is 20.9. The van der Waals surface area contributed by atoms with Gasteiger partial charge in [-0.1, -0.05) is 129 Å². The minimum Gasteiger partial charge on any atom is -0.212 e. The fraction of sp³-hybridized carbons (Fsp3) is 0. The van der Waals surface area contributed by atoms with Crippen LogP contribution in [0.2, 0.25) is 0 Å². The van der Waals surface area contributed by atoms with Gasteiger partial charge in [-0.2, -0.15) is 6.07 Å². The lowest BCUT2D eigenvalue weighted by Gasteiger charge is -2.30. The number of rotatable bonds is 6. The molecule has 0 N–H and O–H groups in total. The predicted molar refractivity (Wildman–Crippen MR) is 139 cm³/mol. The molecule has 0 amide bonds. The van der Waals surface area contributed by atoms with E-state index in [0.717, 1.165) is 0 Å². The van der Waals surface area contributed by atoms with E-state index < -0.39 is 15.8 Å². The first-order valence-electron chi connectivity index (χ1n) is 10.5. The average Bonchev–Trinajstić information content (AvgIpc) is 3.31. The van der Waals surface area contributed by atoms with Crippen LogP contribution in [0.25, 0.3) is 0 Å². The van der Waals surface area contributed by atoms with Gasteiger partial charge in [-0.15, -0.1) is 10.6 Å². The molecule has 0 spiro atoms. The molecular weight excluding hydrogens is 410 g/mol. The summed E-state index contributed by atoms with van der Waals surface area (Å²) >= 11 is 0. The highest BCUT2D eigenvalue weighted by molar-refractivity contribution is 7.85. The molecule has 0 aliphatic heterocycles. The van der Waals surface area contributed by atoms with Gasteiger partial charge < -0.3 is 0 Å². The Hall–Kier alpha value is -2.91. The molecule has 31 heavy (non-hydrogen) atoms. The smallest absolute Gasteiger partial charge is 0.0171 e. The van der Waals surface area contributed by atoms with E-state index in [0.29, 0.717) is 0 Å². The maximum absolute atomic E-state index is 2.35. The second-order valence-corrected chi connectivity index (χ2v) is 11.7. The fourth-order valence-corrected chi connectivity index (χ4v) is 9.21. The largest absolute Gasteiger partial charge is 0.212 e. The van der Waals surface area contributed by atoms with E-state index in [-0.39, 0.29) is 0 Å².